The van der Waals surface area contributed by atoms with Crippen LogP contribution in [0.3, 0.4) is 0 Å². The predicted molar refractivity (Wildman–Crippen MR) is 102 cm³/mol. The lowest BCUT2D eigenvalue weighted by molar-refractivity contribution is -0.125. The second kappa shape index (κ2) is 9.84. The Morgan fingerprint density at radius 1 is 1.04 bits per heavy atom. The molecule has 134 valence electrons. The van der Waals surface area contributed by atoms with E-state index in [0.717, 1.165) is 30.6 Å². The van der Waals surface area contributed by atoms with Crippen LogP contribution in [0.4, 0.5) is 0 Å². The van der Waals surface area contributed by atoms with Gasteiger partial charge in [-0.3, -0.25) is 9.69 Å². The molecular formula is C21H28N2O2. The molecule has 0 saturated carbocycles. The number of nitrogens with zero attached hydrogens (tertiary/aromatic N) is 1. The molecule has 0 saturated heterocycles. The minimum Gasteiger partial charge on any atom is -0.497 e. The van der Waals surface area contributed by atoms with Crippen LogP contribution in [-0.4, -0.2) is 38.6 Å². The van der Waals surface area contributed by atoms with Crippen LogP contribution in [0.15, 0.2) is 54.6 Å². The number of benzene rings is 2. The lowest BCUT2D eigenvalue weighted by atomic mass is 10.1. The third-order valence-electron chi connectivity index (χ3n) is 4.23. The maximum absolute atomic E-state index is 12.5. The zero-order chi connectivity index (χ0) is 18.1. The highest BCUT2D eigenvalue weighted by Crippen LogP contribution is 2.18. The van der Waals surface area contributed by atoms with E-state index in [1.54, 1.807) is 7.11 Å². The van der Waals surface area contributed by atoms with Crippen LogP contribution in [0.1, 0.15) is 30.0 Å². The molecule has 2 aromatic rings. The number of likely N-dealkylation sites (N-methyl/N-ethyl adjacent to an activating group) is 1. The van der Waals surface area contributed by atoms with E-state index in [1.807, 2.05) is 61.5 Å². The summed E-state index contributed by atoms with van der Waals surface area (Å²) in [5.41, 5.74) is 2.31. The molecule has 2 rings (SSSR count). The maximum Gasteiger partial charge on any atom is 0.241 e. The van der Waals surface area contributed by atoms with Crippen molar-refractivity contribution >= 4 is 5.91 Å². The quantitative estimate of drug-likeness (QED) is 0.711. The second-order valence-corrected chi connectivity index (χ2v) is 6.37. The van der Waals surface area contributed by atoms with Gasteiger partial charge >= 0.3 is 0 Å². The first-order chi connectivity index (χ1) is 12.1. The van der Waals surface area contributed by atoms with Gasteiger partial charge in [0.25, 0.3) is 0 Å². The smallest absolute Gasteiger partial charge is 0.241 e. The Balaban J connectivity index is 1.75. The third-order valence-corrected chi connectivity index (χ3v) is 4.23. The van der Waals surface area contributed by atoms with Crippen molar-refractivity contribution in [2.45, 2.75) is 25.3 Å². The molecule has 0 heterocycles. The van der Waals surface area contributed by atoms with Gasteiger partial charge in [-0.1, -0.05) is 42.5 Å². The summed E-state index contributed by atoms with van der Waals surface area (Å²) in [5.74, 6) is 0.937. The molecule has 1 amide bonds. The Morgan fingerprint density at radius 2 is 1.72 bits per heavy atom. The van der Waals surface area contributed by atoms with Gasteiger partial charge in [-0.05, 0) is 56.6 Å². The van der Waals surface area contributed by atoms with Crippen LogP contribution in [0.25, 0.3) is 0 Å². The molecular weight excluding hydrogens is 312 g/mol. The van der Waals surface area contributed by atoms with E-state index in [-0.39, 0.29) is 11.9 Å². The van der Waals surface area contributed by atoms with Crippen molar-refractivity contribution in [1.82, 2.24) is 10.2 Å². The van der Waals surface area contributed by atoms with Crippen LogP contribution >= 0.6 is 0 Å². The van der Waals surface area contributed by atoms with Gasteiger partial charge in [0.1, 0.15) is 11.8 Å². The number of carbonyl (C=O) groups excluding carboxylic acids is 1. The lowest BCUT2D eigenvalue weighted by Gasteiger charge is -2.23. The number of amides is 1. The molecule has 0 spiro atoms. The van der Waals surface area contributed by atoms with Crippen molar-refractivity contribution in [3.63, 3.8) is 0 Å². The van der Waals surface area contributed by atoms with Gasteiger partial charge in [0.15, 0.2) is 0 Å². The number of rotatable bonds is 9. The Bertz CT molecular complexity index is 639. The number of ether oxygens (including phenoxy) is 1. The highest BCUT2D eigenvalue weighted by Gasteiger charge is 2.21. The molecule has 4 nitrogen and oxygen atoms in total. The molecule has 2 aromatic carbocycles. The fraction of sp³-hybridized carbons (Fsp3) is 0.381. The minimum absolute atomic E-state index is 0.0562. The van der Waals surface area contributed by atoms with E-state index < -0.39 is 0 Å². The minimum atomic E-state index is -0.247. The Morgan fingerprint density at radius 3 is 2.32 bits per heavy atom. The molecule has 0 radical (unpaired) electrons. The third kappa shape index (κ3) is 5.91. The molecule has 0 aliphatic heterocycles. The van der Waals surface area contributed by atoms with E-state index >= 15 is 0 Å². The molecule has 1 N–H and O–H groups in total. The Kier molecular flexibility index (Phi) is 7.48. The maximum atomic E-state index is 12.5. The first-order valence-corrected chi connectivity index (χ1v) is 8.74. The number of hydrogen-bond donors (Lipinski definition) is 1. The number of aryl methyl sites for hydroxylation is 1. The average Bonchev–Trinajstić information content (AvgIpc) is 2.62. The van der Waals surface area contributed by atoms with E-state index in [9.17, 15) is 4.79 Å². The first kappa shape index (κ1) is 19.0. The van der Waals surface area contributed by atoms with Gasteiger partial charge in [0, 0.05) is 6.54 Å². The number of unbranched alkanes of at least 4 members (excludes halogenated alkanes) is 1. The fourth-order valence-corrected chi connectivity index (χ4v) is 2.87. The van der Waals surface area contributed by atoms with Gasteiger partial charge in [-0.2, -0.15) is 0 Å². The van der Waals surface area contributed by atoms with Crippen molar-refractivity contribution in [2.75, 3.05) is 27.7 Å². The topological polar surface area (TPSA) is 41.6 Å². The largest absolute Gasteiger partial charge is 0.497 e. The fourth-order valence-electron chi connectivity index (χ4n) is 2.87. The zero-order valence-electron chi connectivity index (χ0n) is 15.4. The molecule has 25 heavy (non-hydrogen) atoms. The number of methoxy groups -OCH3 is 1. The monoisotopic (exact) mass is 340 g/mol. The highest BCUT2D eigenvalue weighted by atomic mass is 16.5. The summed E-state index contributed by atoms with van der Waals surface area (Å²) >= 11 is 0. The van der Waals surface area contributed by atoms with Crippen molar-refractivity contribution in [3.8, 4) is 5.75 Å². The van der Waals surface area contributed by atoms with Crippen molar-refractivity contribution in [3.05, 3.63) is 65.7 Å². The van der Waals surface area contributed by atoms with Crippen LogP contribution < -0.4 is 10.1 Å². The molecule has 1 atom stereocenters. The summed E-state index contributed by atoms with van der Waals surface area (Å²) in [6.45, 7) is 0.701. The molecule has 0 aliphatic carbocycles. The van der Waals surface area contributed by atoms with E-state index in [1.165, 1.54) is 5.56 Å². The summed E-state index contributed by atoms with van der Waals surface area (Å²) in [7, 11) is 5.54. The van der Waals surface area contributed by atoms with Crippen molar-refractivity contribution in [2.24, 2.45) is 0 Å². The Hall–Kier alpha value is -2.33. The first-order valence-electron chi connectivity index (χ1n) is 8.74. The van der Waals surface area contributed by atoms with Crippen LogP contribution in [0.5, 0.6) is 5.75 Å². The molecule has 4 heteroatoms. The standard InChI is InChI=1S/C21H28N2O2/c1-23(2)20(18-10-5-4-6-11-18)21(24)22-16-8-7-9-17-12-14-19(25-3)15-13-17/h4-6,10-15,20H,7-9,16H2,1-3H3,(H,22,24). The van der Waals surface area contributed by atoms with E-state index in [0.29, 0.717) is 6.54 Å². The molecule has 0 aliphatic rings. The number of hydrogen-bond acceptors (Lipinski definition) is 3. The summed E-state index contributed by atoms with van der Waals surface area (Å²) < 4.78 is 5.17. The molecule has 0 aromatic heterocycles. The Labute approximate surface area is 150 Å². The van der Waals surface area contributed by atoms with Crippen LogP contribution in [0.2, 0.25) is 0 Å². The van der Waals surface area contributed by atoms with Crippen molar-refractivity contribution in [1.29, 1.82) is 0 Å². The van der Waals surface area contributed by atoms with Gasteiger partial charge in [-0.25, -0.2) is 0 Å². The molecule has 0 fully saturated rings. The summed E-state index contributed by atoms with van der Waals surface area (Å²) in [6.07, 6.45) is 3.02. The highest BCUT2D eigenvalue weighted by molar-refractivity contribution is 5.83. The normalized spacial score (nSPS) is 12.0. The van der Waals surface area contributed by atoms with Crippen molar-refractivity contribution < 1.29 is 9.53 Å². The SMILES string of the molecule is COc1ccc(CCCCNC(=O)C(c2ccccc2)N(C)C)cc1. The van der Waals surface area contributed by atoms with Gasteiger partial charge in [0.05, 0.1) is 7.11 Å². The van der Waals surface area contributed by atoms with Gasteiger partial charge < -0.3 is 10.1 Å². The predicted octanol–water partition coefficient (Wildman–Crippen LogP) is 3.44. The molecule has 0 bridgehead atoms. The van der Waals surface area contributed by atoms with Gasteiger partial charge in [-0.15, -0.1) is 0 Å². The lowest BCUT2D eigenvalue weighted by Crippen LogP contribution is -2.37. The summed E-state index contributed by atoms with van der Waals surface area (Å²) in [5, 5.41) is 3.07. The average molecular weight is 340 g/mol. The summed E-state index contributed by atoms with van der Waals surface area (Å²) in [6, 6.07) is 17.8. The van der Waals surface area contributed by atoms with E-state index in [2.05, 4.69) is 17.4 Å². The molecule has 1 unspecified atom stereocenters. The second-order valence-electron chi connectivity index (χ2n) is 6.37. The summed E-state index contributed by atoms with van der Waals surface area (Å²) in [4.78, 5) is 14.5. The van der Waals surface area contributed by atoms with E-state index in [4.69, 9.17) is 4.74 Å². The number of carbonyl (C=O) groups is 1. The van der Waals surface area contributed by atoms with Crippen LogP contribution in [0, 0.1) is 0 Å². The number of nitrogens with one attached hydrogen (secondary N) is 1. The van der Waals surface area contributed by atoms with Crippen LogP contribution in [-0.2, 0) is 11.2 Å². The zero-order valence-corrected chi connectivity index (χ0v) is 15.4. The van der Waals surface area contributed by atoms with Gasteiger partial charge in [0.2, 0.25) is 5.91 Å².